The molecule has 0 amide bonds. The number of ether oxygens (including phenoxy) is 6. The van der Waals surface area contributed by atoms with Crippen LogP contribution in [0.1, 0.15) is 48.6 Å². The molecule has 1 unspecified atom stereocenters. The van der Waals surface area contributed by atoms with Gasteiger partial charge in [0.1, 0.15) is 18.0 Å². The van der Waals surface area contributed by atoms with E-state index in [4.69, 9.17) is 40.0 Å². The summed E-state index contributed by atoms with van der Waals surface area (Å²) in [5, 5.41) is 14.4. The molecule has 0 bridgehead atoms. The highest BCUT2D eigenvalue weighted by Crippen LogP contribution is 2.32. The number of nitrogens with one attached hydrogen (secondary N) is 1. The third kappa shape index (κ3) is 7.17. The fourth-order valence-corrected chi connectivity index (χ4v) is 6.05. The van der Waals surface area contributed by atoms with Crippen molar-refractivity contribution < 1.29 is 42.8 Å². The summed E-state index contributed by atoms with van der Waals surface area (Å²) in [4.78, 5) is 41.2. The fraction of sp³-hybridized carbons (Fsp3) is 0.406. The molecule has 5 atom stereocenters. The molecule has 2 aromatic carbocycles. The van der Waals surface area contributed by atoms with Gasteiger partial charge < -0.3 is 33.0 Å². The van der Waals surface area contributed by atoms with Gasteiger partial charge in [0.2, 0.25) is 12.1 Å². The average Bonchev–Trinajstić information content (AvgIpc) is 3.88. The van der Waals surface area contributed by atoms with Crippen LogP contribution in [0.4, 0.5) is 4.79 Å². The number of aromatic amines is 1. The number of halogens is 1. The number of imidazole rings is 1. The Hall–Kier alpha value is -4.86. The van der Waals surface area contributed by atoms with Gasteiger partial charge in [-0.05, 0) is 28.3 Å². The maximum absolute atomic E-state index is 13.4. The van der Waals surface area contributed by atoms with E-state index in [0.717, 1.165) is 35.1 Å². The zero-order valence-electron chi connectivity index (χ0n) is 26.1. The highest BCUT2D eigenvalue weighted by Gasteiger charge is 2.51. The Morgan fingerprint density at radius 2 is 1.79 bits per heavy atom. The van der Waals surface area contributed by atoms with Crippen LogP contribution in [0.2, 0.25) is 5.15 Å². The van der Waals surface area contributed by atoms with Gasteiger partial charge in [-0.1, -0.05) is 73.5 Å². The molecular formula is C32H33ClN6O9. The minimum atomic E-state index is -1.32. The molecule has 1 N–H and O–H groups in total. The second kappa shape index (κ2) is 14.9. The number of nitrogens with zero attached hydrogens (tertiary/aromatic N) is 5. The van der Waals surface area contributed by atoms with Gasteiger partial charge in [0.15, 0.2) is 23.1 Å². The van der Waals surface area contributed by atoms with Crippen molar-refractivity contribution in [3.8, 4) is 22.5 Å². The first kappa shape index (κ1) is 33.1. The second-order valence-electron chi connectivity index (χ2n) is 11.2. The number of aromatic nitrogens is 6. The zero-order chi connectivity index (χ0) is 33.6. The Morgan fingerprint density at radius 1 is 1.06 bits per heavy atom. The van der Waals surface area contributed by atoms with E-state index in [2.05, 4.69) is 32.5 Å². The number of unbranched alkanes of at least 4 members (excludes halogenated alkanes) is 1. The van der Waals surface area contributed by atoms with E-state index in [1.54, 1.807) is 4.57 Å². The normalized spacial score (nSPS) is 20.6. The largest absolute Gasteiger partial charge is 0.511 e. The number of H-pyrrole nitrogens is 1. The summed E-state index contributed by atoms with van der Waals surface area (Å²) in [7, 11) is 0. The van der Waals surface area contributed by atoms with Crippen LogP contribution in [0.15, 0.2) is 48.5 Å². The van der Waals surface area contributed by atoms with Crippen LogP contribution in [0.5, 0.6) is 0 Å². The van der Waals surface area contributed by atoms with Gasteiger partial charge in [0.05, 0.1) is 13.2 Å². The lowest BCUT2D eigenvalue weighted by Gasteiger charge is -2.19. The first-order chi connectivity index (χ1) is 23.4. The summed E-state index contributed by atoms with van der Waals surface area (Å²) in [6.07, 6.45) is -2.64. The molecule has 2 aliphatic heterocycles. The van der Waals surface area contributed by atoms with Crippen molar-refractivity contribution in [1.82, 2.24) is 30.2 Å². The van der Waals surface area contributed by atoms with Gasteiger partial charge in [-0.25, -0.2) is 14.6 Å². The third-order valence-electron chi connectivity index (χ3n) is 8.05. The average molecular weight is 681 g/mol. The van der Waals surface area contributed by atoms with E-state index in [1.807, 2.05) is 48.5 Å². The first-order valence-corrected chi connectivity index (χ1v) is 15.8. The van der Waals surface area contributed by atoms with Crippen molar-refractivity contribution in [2.75, 3.05) is 13.2 Å². The zero-order valence-corrected chi connectivity index (χ0v) is 26.9. The van der Waals surface area contributed by atoms with E-state index in [9.17, 15) is 14.4 Å². The topological polar surface area (TPSA) is 179 Å². The molecule has 0 spiro atoms. The molecule has 2 fully saturated rings. The van der Waals surface area contributed by atoms with Crippen LogP contribution >= 0.6 is 11.6 Å². The molecule has 0 radical (unpaired) electrons. The molecule has 2 saturated heterocycles. The molecule has 2 aliphatic rings. The Morgan fingerprint density at radius 3 is 2.50 bits per heavy atom. The maximum Gasteiger partial charge on any atom is 0.511 e. The molecule has 4 heterocycles. The van der Waals surface area contributed by atoms with Gasteiger partial charge in [-0.15, -0.1) is 10.2 Å². The van der Waals surface area contributed by atoms with E-state index in [1.165, 1.54) is 6.92 Å². The van der Waals surface area contributed by atoms with Gasteiger partial charge >= 0.3 is 12.1 Å². The van der Waals surface area contributed by atoms with E-state index in [-0.39, 0.29) is 30.6 Å². The van der Waals surface area contributed by atoms with E-state index < -0.39 is 42.8 Å². The molecular weight excluding hydrogens is 648 g/mol. The summed E-state index contributed by atoms with van der Waals surface area (Å²) < 4.78 is 33.8. The van der Waals surface area contributed by atoms with Crippen molar-refractivity contribution in [2.24, 2.45) is 0 Å². The Kier molecular flexibility index (Phi) is 10.3. The third-order valence-corrected chi connectivity index (χ3v) is 8.31. The van der Waals surface area contributed by atoms with Crippen LogP contribution in [0.25, 0.3) is 22.5 Å². The smallest absolute Gasteiger partial charge is 0.459 e. The minimum absolute atomic E-state index is 0.0221. The van der Waals surface area contributed by atoms with Crippen LogP contribution in [-0.2, 0) is 46.2 Å². The molecule has 2 aromatic heterocycles. The quantitative estimate of drug-likeness (QED) is 0.0922. The van der Waals surface area contributed by atoms with Crippen molar-refractivity contribution >= 4 is 30.2 Å². The van der Waals surface area contributed by atoms with Crippen LogP contribution < -0.4 is 0 Å². The molecule has 0 aliphatic carbocycles. The summed E-state index contributed by atoms with van der Waals surface area (Å²) >= 11 is 6.51. The van der Waals surface area contributed by atoms with Crippen molar-refractivity contribution in [3.05, 3.63) is 70.8 Å². The number of benzene rings is 2. The predicted octanol–water partition coefficient (Wildman–Crippen LogP) is 4.14. The highest BCUT2D eigenvalue weighted by molar-refractivity contribution is 6.32. The monoisotopic (exact) mass is 680 g/mol. The van der Waals surface area contributed by atoms with E-state index in [0.29, 0.717) is 24.5 Å². The van der Waals surface area contributed by atoms with Crippen LogP contribution in [0, 0.1) is 0 Å². The number of esters is 1. The van der Waals surface area contributed by atoms with Crippen molar-refractivity contribution in [3.63, 3.8) is 0 Å². The molecule has 15 nitrogen and oxygen atoms in total. The van der Waals surface area contributed by atoms with Gasteiger partial charge in [-0.3, -0.25) is 4.79 Å². The number of fused-ring (bicyclic) bond motifs is 1. The summed E-state index contributed by atoms with van der Waals surface area (Å²) in [5.74, 6) is 0.289. The summed E-state index contributed by atoms with van der Waals surface area (Å²) in [6, 6.07) is 15.6. The van der Waals surface area contributed by atoms with Crippen molar-refractivity contribution in [1.29, 1.82) is 0 Å². The Labute approximate surface area is 279 Å². The Balaban J connectivity index is 1.13. The number of hydrogen-bond donors (Lipinski definition) is 1. The standard InChI is InChI=1S/C32H33ClN6O9/c1-3-4-9-25-34-29(33)26(31(41)46-18(2)47-32(42)48-24-16-44-27-23(45-17-40)15-43-28(24)27)39(25)14-19-10-12-20(13-11-19)21-7-5-6-8-22(21)30-35-37-38-36-30/h5-8,10-13,17-18,23-24,27-28H,3-4,9,14-16H2,1-2H3,(H,35,36,37,38)/t18?,23-,24-,27+,28+/m0/s1. The first-order valence-electron chi connectivity index (χ1n) is 15.4. The number of tetrazole rings is 1. The van der Waals surface area contributed by atoms with Gasteiger partial charge in [0, 0.05) is 25.5 Å². The predicted molar refractivity (Wildman–Crippen MR) is 167 cm³/mol. The fourth-order valence-electron chi connectivity index (χ4n) is 5.77. The maximum atomic E-state index is 13.4. The minimum Gasteiger partial charge on any atom is -0.459 e. The number of rotatable bonds is 13. The van der Waals surface area contributed by atoms with E-state index >= 15 is 0 Å². The molecule has 4 aromatic rings. The highest BCUT2D eigenvalue weighted by atomic mass is 35.5. The SMILES string of the molecule is CCCCc1nc(Cl)c(C(=O)OC(C)OC(=O)O[C@H]2CO[C@H]3[C@@H]2OC[C@@H]3OC=O)n1Cc1ccc(-c2ccccc2-c2nn[nH]n2)cc1. The number of aryl methyl sites for hydroxylation is 1. The molecule has 16 heteroatoms. The second-order valence-corrected chi connectivity index (χ2v) is 11.6. The number of carbonyl (C=O) groups excluding carboxylic acids is 3. The number of hydrogen-bond acceptors (Lipinski definition) is 13. The summed E-state index contributed by atoms with van der Waals surface area (Å²) in [6.45, 7) is 4.18. The lowest BCUT2D eigenvalue weighted by atomic mass is 9.98. The van der Waals surface area contributed by atoms with Crippen molar-refractivity contribution in [2.45, 2.75) is 70.4 Å². The number of carbonyl (C=O) groups is 3. The lowest BCUT2D eigenvalue weighted by Crippen LogP contribution is -2.36. The van der Waals surface area contributed by atoms with Gasteiger partial charge in [-0.2, -0.15) is 5.21 Å². The van der Waals surface area contributed by atoms with Gasteiger partial charge in [0.25, 0.3) is 6.47 Å². The van der Waals surface area contributed by atoms with Crippen LogP contribution in [0.3, 0.4) is 0 Å². The molecule has 252 valence electrons. The van der Waals surface area contributed by atoms with Crippen LogP contribution in [-0.4, -0.2) is 92.7 Å². The lowest BCUT2D eigenvalue weighted by molar-refractivity contribution is -0.138. The summed E-state index contributed by atoms with van der Waals surface area (Å²) in [5.41, 5.74) is 3.63. The Bertz CT molecular complexity index is 1730. The molecule has 6 rings (SSSR count). The molecule has 48 heavy (non-hydrogen) atoms. The molecule has 0 saturated carbocycles.